The third kappa shape index (κ3) is 3.06. The molecule has 0 aliphatic carbocycles. The van der Waals surface area contributed by atoms with Gasteiger partial charge in [0.15, 0.2) is 5.92 Å². The van der Waals surface area contributed by atoms with E-state index in [0.717, 1.165) is 7.11 Å². The van der Waals surface area contributed by atoms with E-state index in [1.165, 1.54) is 18.4 Å². The van der Waals surface area contributed by atoms with Crippen molar-refractivity contribution in [3.63, 3.8) is 0 Å². The van der Waals surface area contributed by atoms with Crippen LogP contribution in [0, 0.1) is 16.0 Å². The molecule has 2 unspecified atom stereocenters. The number of ether oxygens (including phenoxy) is 1. The Morgan fingerprint density at radius 2 is 2.28 bits per heavy atom. The smallest absolute Gasteiger partial charge is 0.321 e. The van der Waals surface area contributed by atoms with E-state index < -0.39 is 35.2 Å². The predicted molar refractivity (Wildman–Crippen MR) is 56.5 cm³/mol. The first-order valence-electron chi connectivity index (χ1n) is 4.93. The van der Waals surface area contributed by atoms with Crippen molar-refractivity contribution < 1.29 is 28.8 Å². The third-order valence-electron chi connectivity index (χ3n) is 2.38. The second-order valence-corrected chi connectivity index (χ2v) is 3.48. The summed E-state index contributed by atoms with van der Waals surface area (Å²) in [5.41, 5.74) is 0. The minimum Gasteiger partial charge on any atom is -0.481 e. The lowest BCUT2D eigenvalue weighted by Crippen LogP contribution is -2.34. The number of methoxy groups -OCH3 is 1. The molecule has 1 aromatic heterocycles. The summed E-state index contributed by atoms with van der Waals surface area (Å²) in [6, 6.07) is 2.84. The van der Waals surface area contributed by atoms with Crippen LogP contribution in [0.1, 0.15) is 11.7 Å². The van der Waals surface area contributed by atoms with Crippen molar-refractivity contribution in [1.29, 1.82) is 0 Å². The van der Waals surface area contributed by atoms with Gasteiger partial charge in [0.05, 0.1) is 13.4 Å². The van der Waals surface area contributed by atoms with E-state index in [4.69, 9.17) is 9.52 Å². The number of carboxylic acids is 1. The molecule has 0 saturated carbocycles. The predicted octanol–water partition coefficient (Wildman–Crippen LogP) is 0.514. The molecule has 0 amide bonds. The Bertz CT molecular complexity index is 439. The highest BCUT2D eigenvalue weighted by Gasteiger charge is 2.41. The lowest BCUT2D eigenvalue weighted by atomic mass is 9.90. The Morgan fingerprint density at radius 3 is 2.67 bits per heavy atom. The van der Waals surface area contributed by atoms with Crippen LogP contribution in [0.15, 0.2) is 22.8 Å². The number of nitrogens with zero attached hydrogens (tertiary/aromatic N) is 1. The maximum Gasteiger partial charge on any atom is 0.321 e. The number of esters is 1. The lowest BCUT2D eigenvalue weighted by Gasteiger charge is -2.16. The van der Waals surface area contributed by atoms with Gasteiger partial charge in [-0.15, -0.1) is 0 Å². The number of carboxylic acid groups (broad SMARTS) is 1. The average molecular weight is 257 g/mol. The summed E-state index contributed by atoms with van der Waals surface area (Å²) in [5, 5.41) is 19.6. The van der Waals surface area contributed by atoms with E-state index in [2.05, 4.69) is 4.74 Å². The number of hydrogen-bond acceptors (Lipinski definition) is 6. The van der Waals surface area contributed by atoms with Gasteiger partial charge in [0.2, 0.25) is 6.54 Å². The highest BCUT2D eigenvalue weighted by atomic mass is 16.6. The number of rotatable bonds is 6. The van der Waals surface area contributed by atoms with Crippen LogP contribution in [0.25, 0.3) is 0 Å². The van der Waals surface area contributed by atoms with Gasteiger partial charge in [0, 0.05) is 4.92 Å². The van der Waals surface area contributed by atoms with Gasteiger partial charge in [-0.1, -0.05) is 0 Å². The number of furan rings is 1. The quantitative estimate of drug-likeness (QED) is 0.341. The molecule has 0 aliphatic rings. The van der Waals surface area contributed by atoms with Gasteiger partial charge in [-0.05, 0) is 12.1 Å². The zero-order valence-corrected chi connectivity index (χ0v) is 9.44. The Kier molecular flexibility index (Phi) is 4.41. The van der Waals surface area contributed by atoms with Crippen molar-refractivity contribution in [2.45, 2.75) is 5.92 Å². The Morgan fingerprint density at radius 1 is 1.61 bits per heavy atom. The van der Waals surface area contributed by atoms with E-state index in [1.54, 1.807) is 0 Å². The topological polar surface area (TPSA) is 120 Å². The van der Waals surface area contributed by atoms with Crippen LogP contribution in [-0.4, -0.2) is 35.6 Å². The van der Waals surface area contributed by atoms with Crippen LogP contribution >= 0.6 is 0 Å². The molecule has 8 heteroatoms. The molecule has 18 heavy (non-hydrogen) atoms. The van der Waals surface area contributed by atoms with Crippen LogP contribution in [-0.2, 0) is 14.3 Å². The van der Waals surface area contributed by atoms with Crippen molar-refractivity contribution >= 4 is 11.9 Å². The largest absolute Gasteiger partial charge is 0.481 e. The van der Waals surface area contributed by atoms with Gasteiger partial charge >= 0.3 is 11.9 Å². The molecule has 8 nitrogen and oxygen atoms in total. The SMILES string of the molecule is COC(=O)C(C(=O)O)C(C[N+](=O)[O-])c1ccco1. The number of carbonyl (C=O) groups is 2. The summed E-state index contributed by atoms with van der Waals surface area (Å²) in [6.07, 6.45) is 1.25. The highest BCUT2D eigenvalue weighted by molar-refractivity contribution is 5.95. The van der Waals surface area contributed by atoms with E-state index in [9.17, 15) is 19.7 Å². The van der Waals surface area contributed by atoms with Crippen LogP contribution in [0.2, 0.25) is 0 Å². The zero-order valence-electron chi connectivity index (χ0n) is 9.44. The molecular formula is C10H11NO7. The van der Waals surface area contributed by atoms with Gasteiger partial charge in [-0.25, -0.2) is 0 Å². The Hall–Kier alpha value is -2.38. The fourth-order valence-electron chi connectivity index (χ4n) is 1.59. The molecule has 0 radical (unpaired) electrons. The molecule has 0 bridgehead atoms. The summed E-state index contributed by atoms with van der Waals surface area (Å²) in [6.45, 7) is -0.737. The third-order valence-corrected chi connectivity index (χ3v) is 2.38. The summed E-state index contributed by atoms with van der Waals surface area (Å²) < 4.78 is 9.30. The fourth-order valence-corrected chi connectivity index (χ4v) is 1.59. The molecule has 1 rings (SSSR count). The Labute approximate surface area is 101 Å². The van der Waals surface area contributed by atoms with Crippen LogP contribution < -0.4 is 0 Å². The maximum absolute atomic E-state index is 11.4. The second kappa shape index (κ2) is 5.80. The van der Waals surface area contributed by atoms with E-state index in [-0.39, 0.29) is 5.76 Å². The summed E-state index contributed by atoms with van der Waals surface area (Å²) >= 11 is 0. The number of aliphatic carboxylic acids is 1. The number of nitro groups is 1. The summed E-state index contributed by atoms with van der Waals surface area (Å²) in [4.78, 5) is 32.3. The van der Waals surface area contributed by atoms with E-state index in [0.29, 0.717) is 0 Å². The first-order valence-corrected chi connectivity index (χ1v) is 4.93. The second-order valence-electron chi connectivity index (χ2n) is 3.48. The minimum atomic E-state index is -1.67. The highest BCUT2D eigenvalue weighted by Crippen LogP contribution is 2.27. The van der Waals surface area contributed by atoms with Crippen LogP contribution in [0.5, 0.6) is 0 Å². The minimum absolute atomic E-state index is 0.0597. The van der Waals surface area contributed by atoms with Crippen molar-refractivity contribution in [1.82, 2.24) is 0 Å². The number of hydrogen-bond donors (Lipinski definition) is 1. The molecule has 1 N–H and O–H groups in total. The Balaban J connectivity index is 3.10. The fraction of sp³-hybridized carbons (Fsp3) is 0.400. The normalized spacial score (nSPS) is 13.6. The number of carbonyl (C=O) groups excluding carboxylic acids is 1. The molecule has 0 aliphatic heterocycles. The van der Waals surface area contributed by atoms with Crippen LogP contribution in [0.3, 0.4) is 0 Å². The van der Waals surface area contributed by atoms with Crippen molar-refractivity contribution in [2.24, 2.45) is 5.92 Å². The van der Waals surface area contributed by atoms with Gasteiger partial charge in [0.1, 0.15) is 11.7 Å². The molecular weight excluding hydrogens is 246 g/mol. The first kappa shape index (κ1) is 13.7. The maximum atomic E-state index is 11.4. The van der Waals surface area contributed by atoms with Crippen molar-refractivity contribution in [2.75, 3.05) is 13.7 Å². The molecule has 0 aromatic carbocycles. The summed E-state index contributed by atoms with van der Waals surface area (Å²) in [5.74, 6) is -5.37. The molecule has 1 aromatic rings. The van der Waals surface area contributed by atoms with Crippen LogP contribution in [0.4, 0.5) is 0 Å². The average Bonchev–Trinajstić information content (AvgIpc) is 2.80. The molecule has 2 atom stereocenters. The monoisotopic (exact) mass is 257 g/mol. The molecule has 0 fully saturated rings. The van der Waals surface area contributed by atoms with Gasteiger partial charge in [-0.3, -0.25) is 19.7 Å². The van der Waals surface area contributed by atoms with Crippen molar-refractivity contribution in [3.8, 4) is 0 Å². The summed E-state index contributed by atoms with van der Waals surface area (Å²) in [7, 11) is 1.02. The molecule has 0 spiro atoms. The zero-order chi connectivity index (χ0) is 13.7. The lowest BCUT2D eigenvalue weighted by molar-refractivity contribution is -0.484. The molecule has 98 valence electrons. The molecule has 1 heterocycles. The van der Waals surface area contributed by atoms with Gasteiger partial charge in [0.25, 0.3) is 0 Å². The van der Waals surface area contributed by atoms with E-state index in [1.807, 2.05) is 0 Å². The molecule has 0 saturated heterocycles. The van der Waals surface area contributed by atoms with E-state index >= 15 is 0 Å². The van der Waals surface area contributed by atoms with Gasteiger partial charge in [-0.2, -0.15) is 0 Å². The standard InChI is InChI=1S/C10H11NO7/c1-17-10(14)8(9(12)13)6(5-11(15)16)7-3-2-4-18-7/h2-4,6,8H,5H2,1H3,(H,12,13). The first-order chi connectivity index (χ1) is 8.47. The van der Waals surface area contributed by atoms with Gasteiger partial charge < -0.3 is 14.3 Å². The van der Waals surface area contributed by atoms with Crippen molar-refractivity contribution in [3.05, 3.63) is 34.3 Å².